The molecule has 0 radical (unpaired) electrons. The van der Waals surface area contributed by atoms with Crippen molar-refractivity contribution >= 4 is 23.2 Å². The van der Waals surface area contributed by atoms with E-state index in [4.69, 9.17) is 4.74 Å². The Bertz CT molecular complexity index is 1110. The fourth-order valence-corrected chi connectivity index (χ4v) is 3.44. The molecule has 172 valence electrons. The van der Waals surface area contributed by atoms with Crippen LogP contribution in [0.2, 0.25) is 0 Å². The summed E-state index contributed by atoms with van der Waals surface area (Å²) in [5.74, 6) is 0.635. The quantitative estimate of drug-likeness (QED) is 0.376. The number of carbonyl (C=O) groups excluding carboxylic acids is 2. The van der Waals surface area contributed by atoms with Crippen LogP contribution in [0, 0.1) is 19.3 Å². The van der Waals surface area contributed by atoms with Crippen LogP contribution in [-0.4, -0.2) is 18.4 Å². The van der Waals surface area contributed by atoms with Crippen molar-refractivity contribution in [2.45, 2.75) is 40.5 Å². The second kappa shape index (κ2) is 10.8. The standard InChI is InChI=1S/C28H32N2O3/c1-20-14-15-21(2)25(18-20)33-17-9-16-28(3,4)27(32)30-24-13-8-12-23(19-24)29-26(31)22-10-6-5-7-11-22/h5-8,10-15,18-19H,9,16-17H2,1-4H3,(H,29,31)(H,30,32). The summed E-state index contributed by atoms with van der Waals surface area (Å²) in [6, 6.07) is 22.4. The molecule has 0 spiro atoms. The lowest BCUT2D eigenvalue weighted by atomic mass is 9.87. The molecular formula is C28H32N2O3. The lowest BCUT2D eigenvalue weighted by molar-refractivity contribution is -0.124. The van der Waals surface area contributed by atoms with Crippen molar-refractivity contribution in [2.75, 3.05) is 17.2 Å². The van der Waals surface area contributed by atoms with Gasteiger partial charge in [-0.3, -0.25) is 9.59 Å². The molecule has 3 aromatic rings. The molecule has 0 aliphatic carbocycles. The molecule has 5 heteroatoms. The first-order chi connectivity index (χ1) is 15.7. The van der Waals surface area contributed by atoms with Crippen molar-refractivity contribution in [3.63, 3.8) is 0 Å². The molecule has 0 bridgehead atoms. The fraction of sp³-hybridized carbons (Fsp3) is 0.286. The molecule has 0 unspecified atom stereocenters. The molecular weight excluding hydrogens is 412 g/mol. The fourth-order valence-electron chi connectivity index (χ4n) is 3.44. The first kappa shape index (κ1) is 24.1. The third-order valence-electron chi connectivity index (χ3n) is 5.58. The number of nitrogens with one attached hydrogen (secondary N) is 2. The van der Waals surface area contributed by atoms with E-state index in [1.165, 1.54) is 0 Å². The summed E-state index contributed by atoms with van der Waals surface area (Å²) >= 11 is 0. The number of benzene rings is 3. The van der Waals surface area contributed by atoms with E-state index in [2.05, 4.69) is 22.8 Å². The van der Waals surface area contributed by atoms with E-state index >= 15 is 0 Å². The summed E-state index contributed by atoms with van der Waals surface area (Å²) in [4.78, 5) is 25.3. The first-order valence-corrected chi connectivity index (χ1v) is 11.2. The van der Waals surface area contributed by atoms with Gasteiger partial charge in [0.05, 0.1) is 6.61 Å². The Balaban J connectivity index is 1.52. The molecule has 2 N–H and O–H groups in total. The van der Waals surface area contributed by atoms with Crippen LogP contribution in [0.4, 0.5) is 11.4 Å². The van der Waals surface area contributed by atoms with Gasteiger partial charge in [-0.25, -0.2) is 0 Å². The molecule has 0 aliphatic rings. The molecule has 0 heterocycles. The highest BCUT2D eigenvalue weighted by atomic mass is 16.5. The van der Waals surface area contributed by atoms with Crippen molar-refractivity contribution in [3.05, 3.63) is 89.5 Å². The zero-order valence-electron chi connectivity index (χ0n) is 19.8. The number of hydrogen-bond acceptors (Lipinski definition) is 3. The Morgan fingerprint density at radius 3 is 2.27 bits per heavy atom. The molecule has 0 fully saturated rings. The zero-order valence-corrected chi connectivity index (χ0v) is 19.8. The van der Waals surface area contributed by atoms with Gasteiger partial charge in [0.25, 0.3) is 5.91 Å². The van der Waals surface area contributed by atoms with Gasteiger partial charge in [-0.15, -0.1) is 0 Å². The Morgan fingerprint density at radius 2 is 1.55 bits per heavy atom. The average Bonchev–Trinajstić information content (AvgIpc) is 2.79. The average molecular weight is 445 g/mol. The highest BCUT2D eigenvalue weighted by Crippen LogP contribution is 2.26. The van der Waals surface area contributed by atoms with Crippen LogP contribution >= 0.6 is 0 Å². The maximum absolute atomic E-state index is 12.9. The van der Waals surface area contributed by atoms with Gasteiger partial charge >= 0.3 is 0 Å². The van der Waals surface area contributed by atoms with Crippen molar-refractivity contribution in [2.24, 2.45) is 5.41 Å². The lowest BCUT2D eigenvalue weighted by Gasteiger charge is -2.24. The molecule has 0 aliphatic heterocycles. The predicted octanol–water partition coefficient (Wildman–Crippen LogP) is 6.38. The van der Waals surface area contributed by atoms with Crippen molar-refractivity contribution in [1.29, 1.82) is 0 Å². The molecule has 0 atom stereocenters. The SMILES string of the molecule is Cc1ccc(C)c(OCCCC(C)(C)C(=O)Nc2cccc(NC(=O)c3ccccc3)c2)c1. The van der Waals surface area contributed by atoms with Gasteiger partial charge in [0.2, 0.25) is 5.91 Å². The maximum atomic E-state index is 12.9. The third-order valence-corrected chi connectivity index (χ3v) is 5.58. The molecule has 3 rings (SSSR count). The van der Waals surface area contributed by atoms with E-state index in [-0.39, 0.29) is 11.8 Å². The number of amides is 2. The third kappa shape index (κ3) is 6.94. The Hall–Kier alpha value is -3.60. The van der Waals surface area contributed by atoms with Crippen LogP contribution in [0.5, 0.6) is 5.75 Å². The topological polar surface area (TPSA) is 67.4 Å². The van der Waals surface area contributed by atoms with Gasteiger partial charge in [-0.2, -0.15) is 0 Å². The van der Waals surface area contributed by atoms with Crippen LogP contribution in [0.1, 0.15) is 48.2 Å². The largest absolute Gasteiger partial charge is 0.493 e. The summed E-state index contributed by atoms with van der Waals surface area (Å²) < 4.78 is 5.93. The van der Waals surface area contributed by atoms with Crippen LogP contribution in [0.3, 0.4) is 0 Å². The Kier molecular flexibility index (Phi) is 7.88. The first-order valence-electron chi connectivity index (χ1n) is 11.2. The minimum absolute atomic E-state index is 0.0687. The highest BCUT2D eigenvalue weighted by molar-refractivity contribution is 6.04. The minimum atomic E-state index is -0.561. The molecule has 0 aromatic heterocycles. The van der Waals surface area contributed by atoms with Crippen LogP contribution in [-0.2, 0) is 4.79 Å². The van der Waals surface area contributed by atoms with E-state index in [9.17, 15) is 9.59 Å². The monoisotopic (exact) mass is 444 g/mol. The van der Waals surface area contributed by atoms with E-state index in [0.29, 0.717) is 30.0 Å². The second-order valence-electron chi connectivity index (χ2n) is 8.96. The number of ether oxygens (including phenoxy) is 1. The summed E-state index contributed by atoms with van der Waals surface area (Å²) in [5.41, 5.74) is 3.56. The Labute approximate surface area is 196 Å². The van der Waals surface area contributed by atoms with Crippen LogP contribution in [0.15, 0.2) is 72.8 Å². The number of anilines is 2. The van der Waals surface area contributed by atoms with Crippen molar-refractivity contribution < 1.29 is 14.3 Å². The minimum Gasteiger partial charge on any atom is -0.493 e. The van der Waals surface area contributed by atoms with Gasteiger partial charge in [-0.1, -0.05) is 50.2 Å². The van der Waals surface area contributed by atoms with Gasteiger partial charge in [0, 0.05) is 22.4 Å². The normalized spacial score (nSPS) is 11.0. The smallest absolute Gasteiger partial charge is 0.255 e. The van der Waals surface area contributed by atoms with E-state index < -0.39 is 5.41 Å². The van der Waals surface area contributed by atoms with E-state index in [0.717, 1.165) is 23.3 Å². The van der Waals surface area contributed by atoms with Crippen LogP contribution < -0.4 is 15.4 Å². The number of carbonyl (C=O) groups is 2. The summed E-state index contributed by atoms with van der Waals surface area (Å²) in [7, 11) is 0. The molecule has 5 nitrogen and oxygen atoms in total. The van der Waals surface area contributed by atoms with Crippen LogP contribution in [0.25, 0.3) is 0 Å². The molecule has 0 saturated heterocycles. The molecule has 2 amide bonds. The molecule has 3 aromatic carbocycles. The molecule has 33 heavy (non-hydrogen) atoms. The second-order valence-corrected chi connectivity index (χ2v) is 8.96. The van der Waals surface area contributed by atoms with E-state index in [1.807, 2.05) is 58.0 Å². The lowest BCUT2D eigenvalue weighted by Crippen LogP contribution is -2.31. The van der Waals surface area contributed by atoms with Gasteiger partial charge in [-0.05, 0) is 74.2 Å². The number of hydrogen-bond donors (Lipinski definition) is 2. The Morgan fingerprint density at radius 1 is 0.848 bits per heavy atom. The maximum Gasteiger partial charge on any atom is 0.255 e. The van der Waals surface area contributed by atoms with Gasteiger partial charge < -0.3 is 15.4 Å². The van der Waals surface area contributed by atoms with Crippen molar-refractivity contribution in [3.8, 4) is 5.75 Å². The number of rotatable bonds is 9. The highest BCUT2D eigenvalue weighted by Gasteiger charge is 2.27. The van der Waals surface area contributed by atoms with Gasteiger partial charge in [0.1, 0.15) is 5.75 Å². The summed E-state index contributed by atoms with van der Waals surface area (Å²) in [5, 5.41) is 5.85. The van der Waals surface area contributed by atoms with Gasteiger partial charge in [0.15, 0.2) is 0 Å². The number of aryl methyl sites for hydroxylation is 2. The van der Waals surface area contributed by atoms with E-state index in [1.54, 1.807) is 30.3 Å². The molecule has 0 saturated carbocycles. The zero-order chi connectivity index (χ0) is 23.8. The summed E-state index contributed by atoms with van der Waals surface area (Å²) in [6.07, 6.45) is 1.45. The van der Waals surface area contributed by atoms with Crippen molar-refractivity contribution in [1.82, 2.24) is 0 Å². The predicted molar refractivity (Wildman–Crippen MR) is 134 cm³/mol. The summed E-state index contributed by atoms with van der Waals surface area (Å²) in [6.45, 7) is 8.49.